The maximum Gasteiger partial charge on any atom is 0.334 e. The highest BCUT2D eigenvalue weighted by Crippen LogP contribution is 2.13. The minimum atomic E-state index is -0.334. The number of hydrogen-bond acceptors (Lipinski definition) is 2. The molecular weight excluding hydrogens is 178 g/mol. The van der Waals surface area contributed by atoms with E-state index in [1.807, 2.05) is 21.1 Å². The Kier molecular flexibility index (Phi) is 5.46. The van der Waals surface area contributed by atoms with Crippen LogP contribution in [0.3, 0.4) is 0 Å². The van der Waals surface area contributed by atoms with Gasteiger partial charge in [-0.3, -0.25) is 4.48 Å². The van der Waals surface area contributed by atoms with E-state index < -0.39 is 0 Å². The van der Waals surface area contributed by atoms with Crippen molar-refractivity contribution in [2.24, 2.45) is 0 Å². The van der Waals surface area contributed by atoms with Crippen molar-refractivity contribution < 1.29 is 14.0 Å². The third-order valence-corrected chi connectivity index (χ3v) is 2.09. The van der Waals surface area contributed by atoms with E-state index in [4.69, 9.17) is 4.74 Å². The molecule has 0 radical (unpaired) electrons. The smallest absolute Gasteiger partial charge is 0.334 e. The van der Waals surface area contributed by atoms with Gasteiger partial charge in [0.1, 0.15) is 0 Å². The molecule has 0 aliphatic carbocycles. The topological polar surface area (TPSA) is 26.3 Å². The van der Waals surface area contributed by atoms with Crippen LogP contribution in [0.4, 0.5) is 0 Å². The predicted molar refractivity (Wildman–Crippen MR) is 57.6 cm³/mol. The molecule has 0 amide bonds. The largest absolute Gasteiger partial charge is 0.409 e. The first kappa shape index (κ1) is 13.2. The molecular formula is C11H22NO2+. The molecule has 0 heterocycles. The standard InChI is InChI=1S/C11H22NO2/c1-6-8-9-10(12(3,4)5)14-11(13)7-2/h7,10H,2,6,8-9H2,1,3-5H3/q+1. The Morgan fingerprint density at radius 2 is 2.07 bits per heavy atom. The van der Waals surface area contributed by atoms with E-state index in [0.29, 0.717) is 4.48 Å². The zero-order valence-corrected chi connectivity index (χ0v) is 9.75. The molecule has 0 saturated carbocycles. The lowest BCUT2D eigenvalue weighted by molar-refractivity contribution is -0.917. The van der Waals surface area contributed by atoms with E-state index in [1.165, 1.54) is 6.08 Å². The van der Waals surface area contributed by atoms with Crippen molar-refractivity contribution in [3.63, 3.8) is 0 Å². The first-order valence-corrected chi connectivity index (χ1v) is 5.06. The molecule has 0 aromatic rings. The monoisotopic (exact) mass is 200 g/mol. The highest BCUT2D eigenvalue weighted by Gasteiger charge is 2.25. The van der Waals surface area contributed by atoms with E-state index in [9.17, 15) is 4.79 Å². The van der Waals surface area contributed by atoms with Crippen LogP contribution < -0.4 is 0 Å². The first-order valence-electron chi connectivity index (χ1n) is 5.06. The van der Waals surface area contributed by atoms with Crippen LogP contribution in [0, 0.1) is 0 Å². The van der Waals surface area contributed by atoms with Crippen molar-refractivity contribution in [1.29, 1.82) is 0 Å². The molecule has 1 unspecified atom stereocenters. The summed E-state index contributed by atoms with van der Waals surface area (Å²) in [6, 6.07) is 0. The van der Waals surface area contributed by atoms with Crippen molar-refractivity contribution in [1.82, 2.24) is 0 Å². The molecule has 1 atom stereocenters. The summed E-state index contributed by atoms with van der Waals surface area (Å²) in [5.74, 6) is -0.334. The molecule has 3 nitrogen and oxygen atoms in total. The summed E-state index contributed by atoms with van der Waals surface area (Å²) in [6.07, 6.45) is 4.24. The zero-order valence-electron chi connectivity index (χ0n) is 9.75. The number of carbonyl (C=O) groups is 1. The number of rotatable bonds is 6. The second-order valence-corrected chi connectivity index (χ2v) is 4.35. The normalized spacial score (nSPS) is 13.4. The minimum Gasteiger partial charge on any atom is -0.409 e. The molecule has 0 spiro atoms. The molecule has 0 rings (SSSR count). The van der Waals surface area contributed by atoms with Gasteiger partial charge < -0.3 is 4.74 Å². The lowest BCUT2D eigenvalue weighted by Crippen LogP contribution is -2.47. The van der Waals surface area contributed by atoms with E-state index in [1.54, 1.807) is 0 Å². The number of nitrogens with zero attached hydrogens (tertiary/aromatic N) is 1. The van der Waals surface area contributed by atoms with E-state index in [-0.39, 0.29) is 12.2 Å². The van der Waals surface area contributed by atoms with Crippen molar-refractivity contribution in [2.75, 3.05) is 21.1 Å². The van der Waals surface area contributed by atoms with Gasteiger partial charge in [0.25, 0.3) is 0 Å². The minimum absolute atomic E-state index is 0.0690. The van der Waals surface area contributed by atoms with Gasteiger partial charge in [0.15, 0.2) is 0 Å². The number of carbonyl (C=O) groups excluding carboxylic acids is 1. The van der Waals surface area contributed by atoms with Gasteiger partial charge in [0.05, 0.1) is 21.1 Å². The maximum atomic E-state index is 11.1. The Hall–Kier alpha value is -0.830. The summed E-state index contributed by atoms with van der Waals surface area (Å²) < 4.78 is 5.92. The van der Waals surface area contributed by atoms with Gasteiger partial charge >= 0.3 is 5.97 Å². The predicted octanol–water partition coefficient (Wildman–Crippen LogP) is 1.94. The molecule has 3 heteroatoms. The Labute approximate surface area is 86.9 Å². The SMILES string of the molecule is C=CC(=O)OC(CCCC)[N+](C)(C)C. The number of quaternary nitrogens is 1. The highest BCUT2D eigenvalue weighted by molar-refractivity contribution is 5.81. The molecule has 0 fully saturated rings. The number of ether oxygens (including phenoxy) is 1. The van der Waals surface area contributed by atoms with Crippen LogP contribution in [0.2, 0.25) is 0 Å². The average Bonchev–Trinajstić information content (AvgIpc) is 2.09. The molecule has 0 saturated heterocycles. The van der Waals surface area contributed by atoms with Gasteiger partial charge in [-0.15, -0.1) is 0 Å². The summed E-state index contributed by atoms with van der Waals surface area (Å²) in [7, 11) is 6.07. The van der Waals surface area contributed by atoms with Crippen molar-refractivity contribution in [2.45, 2.75) is 32.4 Å². The summed E-state index contributed by atoms with van der Waals surface area (Å²) in [5.41, 5.74) is 0. The van der Waals surface area contributed by atoms with E-state index in [0.717, 1.165) is 19.3 Å². The van der Waals surface area contributed by atoms with Crippen LogP contribution in [0.1, 0.15) is 26.2 Å². The third-order valence-electron chi connectivity index (χ3n) is 2.09. The lowest BCUT2D eigenvalue weighted by Gasteiger charge is -2.32. The maximum absolute atomic E-state index is 11.1. The van der Waals surface area contributed by atoms with Crippen LogP contribution in [0.5, 0.6) is 0 Å². The van der Waals surface area contributed by atoms with Gasteiger partial charge in [-0.05, 0) is 6.42 Å². The van der Waals surface area contributed by atoms with Gasteiger partial charge in [0.2, 0.25) is 6.23 Å². The molecule has 0 aliphatic heterocycles. The second-order valence-electron chi connectivity index (χ2n) is 4.35. The highest BCUT2D eigenvalue weighted by atomic mass is 16.6. The summed E-state index contributed by atoms with van der Waals surface area (Å²) in [6.45, 7) is 5.52. The lowest BCUT2D eigenvalue weighted by atomic mass is 10.2. The second kappa shape index (κ2) is 5.81. The molecule has 14 heavy (non-hydrogen) atoms. The molecule has 0 aromatic carbocycles. The van der Waals surface area contributed by atoms with Gasteiger partial charge in [-0.1, -0.05) is 19.9 Å². The fraction of sp³-hybridized carbons (Fsp3) is 0.727. The van der Waals surface area contributed by atoms with Crippen LogP contribution in [0.15, 0.2) is 12.7 Å². The van der Waals surface area contributed by atoms with Gasteiger partial charge in [-0.2, -0.15) is 0 Å². The molecule has 0 bridgehead atoms. The Morgan fingerprint density at radius 3 is 2.43 bits per heavy atom. The zero-order chi connectivity index (χ0) is 11.2. The average molecular weight is 200 g/mol. The summed E-state index contributed by atoms with van der Waals surface area (Å²) in [4.78, 5) is 11.1. The third kappa shape index (κ3) is 5.02. The van der Waals surface area contributed by atoms with Crippen molar-refractivity contribution >= 4 is 5.97 Å². The van der Waals surface area contributed by atoms with Crippen molar-refractivity contribution in [3.8, 4) is 0 Å². The molecule has 0 N–H and O–H groups in total. The van der Waals surface area contributed by atoms with Crippen LogP contribution in [-0.2, 0) is 9.53 Å². The van der Waals surface area contributed by atoms with Gasteiger partial charge in [0, 0.05) is 12.5 Å². The molecule has 0 aliphatic rings. The van der Waals surface area contributed by atoms with Crippen LogP contribution >= 0.6 is 0 Å². The van der Waals surface area contributed by atoms with Crippen molar-refractivity contribution in [3.05, 3.63) is 12.7 Å². The van der Waals surface area contributed by atoms with Crippen LogP contribution in [0.25, 0.3) is 0 Å². The Morgan fingerprint density at radius 1 is 1.50 bits per heavy atom. The fourth-order valence-corrected chi connectivity index (χ4v) is 1.17. The number of hydrogen-bond donors (Lipinski definition) is 0. The summed E-state index contributed by atoms with van der Waals surface area (Å²) >= 11 is 0. The number of esters is 1. The van der Waals surface area contributed by atoms with Gasteiger partial charge in [-0.25, -0.2) is 4.79 Å². The van der Waals surface area contributed by atoms with Crippen LogP contribution in [-0.4, -0.2) is 37.8 Å². The fourth-order valence-electron chi connectivity index (χ4n) is 1.17. The van der Waals surface area contributed by atoms with E-state index in [2.05, 4.69) is 13.5 Å². The molecule has 0 aromatic heterocycles. The first-order chi connectivity index (χ1) is 6.41. The quantitative estimate of drug-likeness (QED) is 0.283. The van der Waals surface area contributed by atoms with E-state index >= 15 is 0 Å². The number of unbranched alkanes of at least 4 members (excludes halogenated alkanes) is 1. The summed E-state index contributed by atoms with van der Waals surface area (Å²) in [5, 5.41) is 0. The Bertz CT molecular complexity index is 194. The Balaban J connectivity index is 4.25. The molecule has 82 valence electrons.